The Bertz CT molecular complexity index is 800. The molecule has 0 amide bonds. The third kappa shape index (κ3) is 3.61. The van der Waals surface area contributed by atoms with E-state index in [4.69, 9.17) is 14.2 Å². The molecule has 0 saturated heterocycles. The van der Waals surface area contributed by atoms with Gasteiger partial charge in [0.25, 0.3) is 5.69 Å². The number of carbonyl (C=O) groups excluding carboxylic acids is 1. The molecule has 1 N–H and O–H groups in total. The van der Waals surface area contributed by atoms with Crippen LogP contribution in [0.25, 0.3) is 0 Å². The maximum Gasteiger partial charge on any atom is 0.338 e. The first-order valence-corrected chi connectivity index (χ1v) is 7.93. The number of hydrogen-bond acceptors (Lipinski definition) is 8. The maximum absolute atomic E-state index is 12.4. The van der Waals surface area contributed by atoms with Gasteiger partial charge in [-0.3, -0.25) is 15.1 Å². The van der Waals surface area contributed by atoms with Crippen LogP contribution >= 0.6 is 0 Å². The summed E-state index contributed by atoms with van der Waals surface area (Å²) in [5.41, 5.74) is 0.745. The Morgan fingerprint density at radius 3 is 2.42 bits per heavy atom. The zero-order valence-electron chi connectivity index (χ0n) is 15.3. The maximum atomic E-state index is 12.4. The topological polar surface area (TPSA) is 112 Å². The predicted molar refractivity (Wildman–Crippen MR) is 94.5 cm³/mol. The first-order valence-electron chi connectivity index (χ1n) is 7.93. The monoisotopic (exact) mass is 363 g/mol. The second-order valence-electron chi connectivity index (χ2n) is 5.52. The van der Waals surface area contributed by atoms with Crippen molar-refractivity contribution in [3.05, 3.63) is 39.1 Å². The molecule has 26 heavy (non-hydrogen) atoms. The Morgan fingerprint density at radius 1 is 1.27 bits per heavy atom. The summed E-state index contributed by atoms with van der Waals surface area (Å²) in [5.74, 6) is 0.476. The molecule has 2 rings (SSSR count). The van der Waals surface area contributed by atoms with Gasteiger partial charge in [0, 0.05) is 5.70 Å². The van der Waals surface area contributed by atoms with Crippen molar-refractivity contribution in [2.75, 3.05) is 20.8 Å². The molecular weight excluding hydrogens is 342 g/mol. The molecule has 1 heterocycles. The number of methoxy groups -OCH3 is 2. The number of nitro groups is 1. The first kappa shape index (κ1) is 19.2. The van der Waals surface area contributed by atoms with Crippen molar-refractivity contribution in [2.45, 2.75) is 26.8 Å². The molecular formula is C17H21N3O6. The average Bonchev–Trinajstić information content (AvgIpc) is 2.59. The van der Waals surface area contributed by atoms with Crippen LogP contribution in [0.2, 0.25) is 0 Å². The van der Waals surface area contributed by atoms with Crippen LogP contribution in [-0.2, 0) is 9.53 Å². The molecule has 0 spiro atoms. The zero-order valence-corrected chi connectivity index (χ0v) is 15.3. The first-order chi connectivity index (χ1) is 12.3. The van der Waals surface area contributed by atoms with Gasteiger partial charge in [0.2, 0.25) is 0 Å². The summed E-state index contributed by atoms with van der Waals surface area (Å²) < 4.78 is 15.5. The van der Waals surface area contributed by atoms with Gasteiger partial charge in [-0.25, -0.2) is 4.79 Å². The normalized spacial score (nSPS) is 16.5. The average molecular weight is 363 g/mol. The van der Waals surface area contributed by atoms with Crippen LogP contribution in [0.3, 0.4) is 0 Å². The number of carbonyl (C=O) groups is 1. The van der Waals surface area contributed by atoms with Gasteiger partial charge in [-0.2, -0.15) is 0 Å². The molecule has 1 aromatic carbocycles. The van der Waals surface area contributed by atoms with Crippen LogP contribution in [0.1, 0.15) is 32.4 Å². The number of amidine groups is 1. The molecule has 9 nitrogen and oxygen atoms in total. The number of benzene rings is 1. The van der Waals surface area contributed by atoms with Gasteiger partial charge in [0.05, 0.1) is 48.8 Å². The van der Waals surface area contributed by atoms with E-state index in [0.717, 1.165) is 0 Å². The van der Waals surface area contributed by atoms with Crippen molar-refractivity contribution < 1.29 is 23.9 Å². The number of aliphatic imine (C=N–C) groups is 1. The van der Waals surface area contributed by atoms with Gasteiger partial charge in [-0.15, -0.1) is 0 Å². The number of ether oxygens (including phenoxy) is 3. The van der Waals surface area contributed by atoms with E-state index in [1.54, 1.807) is 20.8 Å². The van der Waals surface area contributed by atoms with Crippen LogP contribution in [-0.4, -0.2) is 37.6 Å². The predicted octanol–water partition coefficient (Wildman–Crippen LogP) is 2.51. The second-order valence-corrected chi connectivity index (χ2v) is 5.52. The quantitative estimate of drug-likeness (QED) is 0.469. The number of allylic oxidation sites excluding steroid dienone is 1. The van der Waals surface area contributed by atoms with Gasteiger partial charge in [0.15, 0.2) is 11.5 Å². The summed E-state index contributed by atoms with van der Waals surface area (Å²) in [6.45, 7) is 5.28. The SMILES string of the molecule is CCOC(=O)C1=C(C)NC(C)=NC1c1cc(OC)c(OC)cc1[N+](=O)[O-]. The van der Waals surface area contributed by atoms with Gasteiger partial charge >= 0.3 is 5.97 Å². The van der Waals surface area contributed by atoms with Crippen molar-refractivity contribution >= 4 is 17.5 Å². The number of nitro benzene ring substituents is 1. The highest BCUT2D eigenvalue weighted by Crippen LogP contribution is 2.42. The number of hydrogen-bond donors (Lipinski definition) is 1. The van der Waals surface area contributed by atoms with Crippen molar-refractivity contribution in [3.8, 4) is 11.5 Å². The Labute approximate surface area is 150 Å². The number of nitrogens with zero attached hydrogens (tertiary/aromatic N) is 2. The minimum atomic E-state index is -0.893. The Kier molecular flexibility index (Phi) is 5.81. The molecule has 1 unspecified atom stereocenters. The van der Waals surface area contributed by atoms with Crippen molar-refractivity contribution in [3.63, 3.8) is 0 Å². The summed E-state index contributed by atoms with van der Waals surface area (Å²) >= 11 is 0. The van der Waals surface area contributed by atoms with Gasteiger partial charge in [0.1, 0.15) is 6.04 Å². The zero-order chi connectivity index (χ0) is 19.4. The molecule has 0 saturated carbocycles. The van der Waals surface area contributed by atoms with E-state index in [-0.39, 0.29) is 29.2 Å². The van der Waals surface area contributed by atoms with Gasteiger partial charge in [-0.1, -0.05) is 0 Å². The third-order valence-electron chi connectivity index (χ3n) is 3.89. The molecule has 1 aliphatic rings. The van der Waals surface area contributed by atoms with E-state index in [1.807, 2.05) is 0 Å². The fraction of sp³-hybridized carbons (Fsp3) is 0.412. The molecule has 1 aliphatic heterocycles. The lowest BCUT2D eigenvalue weighted by Crippen LogP contribution is -2.30. The summed E-state index contributed by atoms with van der Waals surface area (Å²) in [4.78, 5) is 27.9. The summed E-state index contributed by atoms with van der Waals surface area (Å²) in [5, 5.41) is 14.6. The molecule has 9 heteroatoms. The number of nitrogens with one attached hydrogen (secondary N) is 1. The van der Waals surface area contributed by atoms with Crippen LogP contribution in [0.4, 0.5) is 5.69 Å². The minimum Gasteiger partial charge on any atom is -0.493 e. The Balaban J connectivity index is 2.71. The molecule has 1 aromatic rings. The van der Waals surface area contributed by atoms with Gasteiger partial charge < -0.3 is 19.5 Å². The molecule has 0 aliphatic carbocycles. The lowest BCUT2D eigenvalue weighted by molar-refractivity contribution is -0.385. The highest BCUT2D eigenvalue weighted by molar-refractivity contribution is 5.95. The highest BCUT2D eigenvalue weighted by atomic mass is 16.6. The van der Waals surface area contributed by atoms with Crippen LogP contribution < -0.4 is 14.8 Å². The van der Waals surface area contributed by atoms with E-state index in [1.165, 1.54) is 26.4 Å². The Hall–Kier alpha value is -3.10. The number of esters is 1. The fourth-order valence-corrected chi connectivity index (χ4v) is 2.79. The molecule has 0 radical (unpaired) electrons. The molecule has 140 valence electrons. The van der Waals surface area contributed by atoms with E-state index < -0.39 is 16.9 Å². The largest absolute Gasteiger partial charge is 0.493 e. The lowest BCUT2D eigenvalue weighted by Gasteiger charge is -2.25. The molecule has 1 atom stereocenters. The Morgan fingerprint density at radius 2 is 1.88 bits per heavy atom. The van der Waals surface area contributed by atoms with E-state index in [0.29, 0.717) is 17.3 Å². The van der Waals surface area contributed by atoms with Crippen LogP contribution in [0.15, 0.2) is 28.4 Å². The smallest absolute Gasteiger partial charge is 0.338 e. The molecule has 0 aromatic heterocycles. The molecule has 0 fully saturated rings. The van der Waals surface area contributed by atoms with Crippen LogP contribution in [0, 0.1) is 10.1 Å². The highest BCUT2D eigenvalue weighted by Gasteiger charge is 2.35. The van der Waals surface area contributed by atoms with Crippen molar-refractivity contribution in [1.82, 2.24) is 5.32 Å². The minimum absolute atomic E-state index is 0.180. The molecule has 0 bridgehead atoms. The van der Waals surface area contributed by atoms with E-state index in [2.05, 4.69) is 10.3 Å². The van der Waals surface area contributed by atoms with E-state index >= 15 is 0 Å². The van der Waals surface area contributed by atoms with Crippen molar-refractivity contribution in [1.29, 1.82) is 0 Å². The summed E-state index contributed by atoms with van der Waals surface area (Å²) in [7, 11) is 2.82. The van der Waals surface area contributed by atoms with E-state index in [9.17, 15) is 14.9 Å². The number of rotatable bonds is 6. The van der Waals surface area contributed by atoms with Crippen molar-refractivity contribution in [2.24, 2.45) is 4.99 Å². The summed E-state index contributed by atoms with van der Waals surface area (Å²) in [6, 6.07) is 1.84. The van der Waals surface area contributed by atoms with Gasteiger partial charge in [-0.05, 0) is 26.8 Å². The second kappa shape index (κ2) is 7.85. The third-order valence-corrected chi connectivity index (χ3v) is 3.89. The standard InChI is InChI=1S/C17H21N3O6/c1-6-26-17(21)15-9(2)18-10(3)19-16(15)11-7-13(24-4)14(25-5)8-12(11)20(22)23/h7-8,16H,6H2,1-5H3,(H,18,19). The fourth-order valence-electron chi connectivity index (χ4n) is 2.79. The summed E-state index contributed by atoms with van der Waals surface area (Å²) in [6.07, 6.45) is 0. The lowest BCUT2D eigenvalue weighted by atomic mass is 9.94. The van der Waals surface area contributed by atoms with Crippen LogP contribution in [0.5, 0.6) is 11.5 Å².